The number of amides is 1. The van der Waals surface area contributed by atoms with Gasteiger partial charge in [0, 0.05) is 37.1 Å². The fraction of sp³-hybridized carbons (Fsp3) is 0.478. The Labute approximate surface area is 177 Å². The van der Waals surface area contributed by atoms with Gasteiger partial charge in [-0.05, 0) is 57.4 Å². The van der Waals surface area contributed by atoms with E-state index in [0.29, 0.717) is 43.0 Å². The number of carbonyl (C=O) groups is 2. The van der Waals surface area contributed by atoms with Gasteiger partial charge in [0.05, 0.1) is 14.2 Å². The third-order valence-corrected chi connectivity index (χ3v) is 5.00. The van der Waals surface area contributed by atoms with Gasteiger partial charge in [0.1, 0.15) is 23.0 Å². The van der Waals surface area contributed by atoms with Crippen molar-refractivity contribution in [1.82, 2.24) is 4.90 Å². The van der Waals surface area contributed by atoms with Gasteiger partial charge in [-0.3, -0.25) is 9.59 Å². The summed E-state index contributed by atoms with van der Waals surface area (Å²) in [5.74, 6) is 1.99. The number of methoxy groups -OCH3 is 2. The first kappa shape index (κ1) is 23.3. The lowest BCUT2D eigenvalue weighted by Crippen LogP contribution is -2.33. The van der Waals surface area contributed by atoms with Crippen LogP contribution in [0.2, 0.25) is 0 Å². The van der Waals surface area contributed by atoms with Crippen LogP contribution in [0.1, 0.15) is 53.1 Å². The van der Waals surface area contributed by atoms with E-state index in [1.807, 2.05) is 26.0 Å². The van der Waals surface area contributed by atoms with Crippen LogP contribution in [0.25, 0.3) is 0 Å². The van der Waals surface area contributed by atoms with Crippen molar-refractivity contribution in [3.63, 3.8) is 0 Å². The number of unbranched alkanes of at least 4 members (excludes halogenated alkanes) is 1. The van der Waals surface area contributed by atoms with Crippen LogP contribution in [0.15, 0.2) is 28.7 Å². The Balaban J connectivity index is 2.12. The van der Waals surface area contributed by atoms with Crippen molar-refractivity contribution < 1.29 is 28.6 Å². The number of rotatable bonds is 12. The molecule has 30 heavy (non-hydrogen) atoms. The van der Waals surface area contributed by atoms with Crippen LogP contribution in [0.3, 0.4) is 0 Å². The highest BCUT2D eigenvalue weighted by Gasteiger charge is 2.19. The molecule has 2 aromatic rings. The molecule has 0 atom stereocenters. The number of hydrogen-bond donors (Lipinski definition) is 1. The second kappa shape index (κ2) is 11.3. The van der Waals surface area contributed by atoms with Crippen molar-refractivity contribution in [2.24, 2.45) is 0 Å². The summed E-state index contributed by atoms with van der Waals surface area (Å²) in [4.78, 5) is 25.8. The summed E-state index contributed by atoms with van der Waals surface area (Å²) in [5, 5.41) is 8.86. The Morgan fingerprint density at radius 2 is 1.63 bits per heavy atom. The van der Waals surface area contributed by atoms with Crippen molar-refractivity contribution in [1.29, 1.82) is 0 Å². The molecule has 1 aromatic carbocycles. The van der Waals surface area contributed by atoms with Gasteiger partial charge in [-0.2, -0.15) is 0 Å². The van der Waals surface area contributed by atoms with Crippen molar-refractivity contribution in [2.75, 3.05) is 27.3 Å². The Hall–Kier alpha value is -2.96. The zero-order chi connectivity index (χ0) is 22.1. The molecule has 0 saturated heterocycles. The molecule has 7 heteroatoms. The van der Waals surface area contributed by atoms with Crippen molar-refractivity contribution >= 4 is 11.9 Å². The first-order chi connectivity index (χ1) is 14.3. The second-order valence-corrected chi connectivity index (χ2v) is 7.26. The molecule has 0 saturated carbocycles. The minimum Gasteiger partial charge on any atom is -0.496 e. The van der Waals surface area contributed by atoms with Crippen LogP contribution < -0.4 is 9.47 Å². The van der Waals surface area contributed by atoms with Gasteiger partial charge >= 0.3 is 5.97 Å². The standard InChI is InChI=1S/C23H31NO6/c1-16-10-11-19(30-16)8-7-13-24(12-6-5-9-22(25)26)23(27)18-14-20(28-3)17(2)21(15-18)29-4/h10-11,14-15H,5-9,12-13H2,1-4H3,(H,25,26). The number of hydrogen-bond acceptors (Lipinski definition) is 5. The summed E-state index contributed by atoms with van der Waals surface area (Å²) < 4.78 is 16.4. The van der Waals surface area contributed by atoms with Gasteiger partial charge in [0.25, 0.3) is 5.91 Å². The van der Waals surface area contributed by atoms with Crippen molar-refractivity contribution in [3.05, 3.63) is 46.9 Å². The molecular formula is C23H31NO6. The molecular weight excluding hydrogens is 386 g/mol. The van der Waals surface area contributed by atoms with Gasteiger partial charge in [-0.15, -0.1) is 0 Å². The van der Waals surface area contributed by atoms with E-state index in [2.05, 4.69) is 0 Å². The van der Waals surface area contributed by atoms with E-state index in [4.69, 9.17) is 19.0 Å². The second-order valence-electron chi connectivity index (χ2n) is 7.26. The molecule has 7 nitrogen and oxygen atoms in total. The van der Waals surface area contributed by atoms with Gasteiger partial charge in [-0.1, -0.05) is 0 Å². The number of carboxylic acids is 1. The molecule has 0 radical (unpaired) electrons. The molecule has 0 aliphatic rings. The summed E-state index contributed by atoms with van der Waals surface area (Å²) in [6.07, 6.45) is 2.72. The van der Waals surface area contributed by atoms with Crippen LogP contribution in [0.5, 0.6) is 11.5 Å². The van der Waals surface area contributed by atoms with Gasteiger partial charge < -0.3 is 23.9 Å². The molecule has 0 fully saturated rings. The summed E-state index contributed by atoms with van der Waals surface area (Å²) in [5.41, 5.74) is 1.32. The molecule has 0 spiro atoms. The molecule has 1 heterocycles. The predicted octanol–water partition coefficient (Wildman–Crippen LogP) is 4.24. The highest BCUT2D eigenvalue weighted by atomic mass is 16.5. The normalized spacial score (nSPS) is 10.7. The Kier molecular flexibility index (Phi) is 8.77. The van der Waals surface area contributed by atoms with Gasteiger partial charge in [0.2, 0.25) is 0 Å². The third kappa shape index (κ3) is 6.54. The number of aliphatic carboxylic acids is 1. The topological polar surface area (TPSA) is 89.2 Å². The van der Waals surface area contributed by atoms with Gasteiger partial charge in [-0.25, -0.2) is 0 Å². The average Bonchev–Trinajstić information content (AvgIpc) is 3.14. The molecule has 0 aliphatic heterocycles. The highest BCUT2D eigenvalue weighted by Crippen LogP contribution is 2.30. The predicted molar refractivity (Wildman–Crippen MR) is 113 cm³/mol. The monoisotopic (exact) mass is 417 g/mol. The Bertz CT molecular complexity index is 832. The number of carbonyl (C=O) groups excluding carboxylic acids is 1. The number of furan rings is 1. The maximum Gasteiger partial charge on any atom is 0.303 e. The fourth-order valence-electron chi connectivity index (χ4n) is 3.35. The van der Waals surface area contributed by atoms with Crippen molar-refractivity contribution in [3.8, 4) is 11.5 Å². The number of carboxylic acid groups (broad SMARTS) is 1. The molecule has 1 amide bonds. The lowest BCUT2D eigenvalue weighted by molar-refractivity contribution is -0.137. The smallest absolute Gasteiger partial charge is 0.303 e. The number of nitrogens with zero attached hydrogens (tertiary/aromatic N) is 1. The maximum absolute atomic E-state index is 13.2. The SMILES string of the molecule is COc1cc(C(=O)N(CCCCC(=O)O)CCCc2ccc(C)o2)cc(OC)c1C. The van der Waals surface area contributed by atoms with E-state index in [-0.39, 0.29) is 12.3 Å². The summed E-state index contributed by atoms with van der Waals surface area (Å²) in [6, 6.07) is 7.32. The summed E-state index contributed by atoms with van der Waals surface area (Å²) in [6.45, 7) is 4.81. The summed E-state index contributed by atoms with van der Waals surface area (Å²) >= 11 is 0. The molecule has 0 aliphatic carbocycles. The van der Waals surface area contributed by atoms with E-state index in [1.54, 1.807) is 31.3 Å². The number of ether oxygens (including phenoxy) is 2. The van der Waals surface area contributed by atoms with Crippen LogP contribution >= 0.6 is 0 Å². The van der Waals surface area contributed by atoms with Crippen LogP contribution in [0.4, 0.5) is 0 Å². The zero-order valence-electron chi connectivity index (χ0n) is 18.2. The van der Waals surface area contributed by atoms with E-state index < -0.39 is 5.97 Å². The van der Waals surface area contributed by atoms with E-state index >= 15 is 0 Å². The first-order valence-electron chi connectivity index (χ1n) is 10.1. The molecule has 0 unspecified atom stereocenters. The molecule has 0 bridgehead atoms. The fourth-order valence-corrected chi connectivity index (χ4v) is 3.35. The Morgan fingerprint density at radius 3 is 2.17 bits per heavy atom. The van der Waals surface area contributed by atoms with E-state index in [0.717, 1.165) is 29.9 Å². The molecule has 1 aromatic heterocycles. The van der Waals surface area contributed by atoms with Crippen molar-refractivity contribution in [2.45, 2.75) is 46.0 Å². The molecule has 1 N–H and O–H groups in total. The highest BCUT2D eigenvalue weighted by molar-refractivity contribution is 5.95. The molecule has 164 valence electrons. The van der Waals surface area contributed by atoms with E-state index in [1.165, 1.54) is 0 Å². The number of aryl methyl sites for hydroxylation is 2. The largest absolute Gasteiger partial charge is 0.496 e. The average molecular weight is 418 g/mol. The lowest BCUT2D eigenvalue weighted by atomic mass is 10.1. The van der Waals surface area contributed by atoms with Gasteiger partial charge in [0.15, 0.2) is 0 Å². The zero-order valence-corrected chi connectivity index (χ0v) is 18.2. The third-order valence-electron chi connectivity index (χ3n) is 5.00. The summed E-state index contributed by atoms with van der Waals surface area (Å²) in [7, 11) is 3.12. The van der Waals surface area contributed by atoms with Crippen LogP contribution in [0, 0.1) is 13.8 Å². The lowest BCUT2D eigenvalue weighted by Gasteiger charge is -2.23. The molecule has 2 rings (SSSR count). The minimum atomic E-state index is -0.825. The maximum atomic E-state index is 13.2. The van der Waals surface area contributed by atoms with Crippen LogP contribution in [-0.2, 0) is 11.2 Å². The van der Waals surface area contributed by atoms with E-state index in [9.17, 15) is 9.59 Å². The minimum absolute atomic E-state index is 0.0971. The Morgan fingerprint density at radius 1 is 1.00 bits per heavy atom. The number of benzene rings is 1. The van der Waals surface area contributed by atoms with Crippen LogP contribution in [-0.4, -0.2) is 49.2 Å². The first-order valence-corrected chi connectivity index (χ1v) is 10.1. The quantitative estimate of drug-likeness (QED) is 0.520.